The van der Waals surface area contributed by atoms with Crippen LogP contribution in [0.3, 0.4) is 0 Å². The number of ether oxygens (including phenoxy) is 4. The predicted octanol–water partition coefficient (Wildman–Crippen LogP) is 8.65. The molecule has 0 bridgehead atoms. The fourth-order valence-corrected chi connectivity index (χ4v) is 3.94. The first-order valence-electron chi connectivity index (χ1n) is 11.8. The monoisotopic (exact) mass is 504 g/mol. The molecular formula is C30H29ClO5. The van der Waals surface area contributed by atoms with Crippen molar-refractivity contribution in [3.05, 3.63) is 82.9 Å². The molecule has 0 spiro atoms. The van der Waals surface area contributed by atoms with E-state index >= 15 is 0 Å². The lowest BCUT2D eigenvalue weighted by Gasteiger charge is -2.22. The molecule has 0 saturated carbocycles. The fourth-order valence-electron chi connectivity index (χ4n) is 3.77. The van der Waals surface area contributed by atoms with Gasteiger partial charge in [-0.3, -0.25) is 4.79 Å². The molecule has 0 aliphatic rings. The lowest BCUT2D eigenvalue weighted by atomic mass is 10.1. The summed E-state index contributed by atoms with van der Waals surface area (Å²) in [5, 5.41) is 1.78. The molecule has 0 N–H and O–H groups in total. The van der Waals surface area contributed by atoms with Crippen LogP contribution >= 0.6 is 11.6 Å². The summed E-state index contributed by atoms with van der Waals surface area (Å²) < 4.78 is 24.9. The van der Waals surface area contributed by atoms with Crippen molar-refractivity contribution in [1.82, 2.24) is 0 Å². The van der Waals surface area contributed by atoms with E-state index in [1.807, 2.05) is 62.4 Å². The lowest BCUT2D eigenvalue weighted by Crippen LogP contribution is -2.09. The van der Waals surface area contributed by atoms with Crippen molar-refractivity contribution in [2.75, 3.05) is 6.61 Å². The van der Waals surface area contributed by atoms with E-state index in [0.717, 1.165) is 11.1 Å². The molecule has 4 rings (SSSR count). The fraction of sp³-hybridized carbons (Fsp3) is 0.233. The smallest absolute Gasteiger partial charge is 0.308 e. The maximum Gasteiger partial charge on any atom is 0.308 e. The van der Waals surface area contributed by atoms with E-state index < -0.39 is 5.97 Å². The van der Waals surface area contributed by atoms with Gasteiger partial charge in [-0.2, -0.15) is 0 Å². The van der Waals surface area contributed by atoms with E-state index in [1.165, 1.54) is 6.92 Å². The van der Waals surface area contributed by atoms with Crippen LogP contribution in [0, 0.1) is 19.8 Å². The van der Waals surface area contributed by atoms with Crippen LogP contribution in [-0.4, -0.2) is 12.6 Å². The molecule has 4 aromatic rings. The molecule has 0 fully saturated rings. The minimum atomic E-state index is -0.488. The van der Waals surface area contributed by atoms with Crippen molar-refractivity contribution in [1.29, 1.82) is 0 Å². The summed E-state index contributed by atoms with van der Waals surface area (Å²) in [5.41, 5.74) is 2.05. The Morgan fingerprint density at radius 1 is 0.778 bits per heavy atom. The summed E-state index contributed by atoms with van der Waals surface area (Å²) in [4.78, 5) is 12.2. The average molecular weight is 505 g/mol. The minimum Gasteiger partial charge on any atom is -0.489 e. The van der Waals surface area contributed by atoms with Gasteiger partial charge in [0.25, 0.3) is 0 Å². The second kappa shape index (κ2) is 10.9. The van der Waals surface area contributed by atoms with Gasteiger partial charge in [0.15, 0.2) is 11.5 Å². The molecule has 0 aliphatic heterocycles. The SMILES string of the molecule is CC(=O)Oc1c(Oc2cccc(C)c2)c(Oc2cccc(C)c2)c(OCC(C)C)c2cc(Cl)ccc12. The first kappa shape index (κ1) is 25.4. The van der Waals surface area contributed by atoms with E-state index in [1.54, 1.807) is 18.2 Å². The molecular weight excluding hydrogens is 476 g/mol. The summed E-state index contributed by atoms with van der Waals surface area (Å²) in [6.07, 6.45) is 0. The topological polar surface area (TPSA) is 54.0 Å². The summed E-state index contributed by atoms with van der Waals surface area (Å²) in [5.74, 6) is 2.16. The van der Waals surface area contributed by atoms with Crippen LogP contribution < -0.4 is 18.9 Å². The largest absolute Gasteiger partial charge is 0.489 e. The van der Waals surface area contributed by atoms with E-state index in [4.69, 9.17) is 30.5 Å². The van der Waals surface area contributed by atoms with Gasteiger partial charge >= 0.3 is 5.97 Å². The van der Waals surface area contributed by atoms with Gasteiger partial charge in [0, 0.05) is 22.7 Å². The van der Waals surface area contributed by atoms with Gasteiger partial charge in [-0.15, -0.1) is 0 Å². The summed E-state index contributed by atoms with van der Waals surface area (Å²) in [7, 11) is 0. The highest BCUT2D eigenvalue weighted by Crippen LogP contribution is 2.54. The van der Waals surface area contributed by atoms with Gasteiger partial charge in [0.05, 0.1) is 6.61 Å². The highest BCUT2D eigenvalue weighted by Gasteiger charge is 2.27. The zero-order chi connectivity index (χ0) is 25.8. The Bertz CT molecular complexity index is 1410. The Labute approximate surface area is 216 Å². The number of benzene rings is 4. The van der Waals surface area contributed by atoms with Crippen LogP contribution in [0.5, 0.6) is 34.5 Å². The minimum absolute atomic E-state index is 0.232. The van der Waals surface area contributed by atoms with E-state index in [0.29, 0.717) is 45.4 Å². The van der Waals surface area contributed by atoms with Gasteiger partial charge in [0.2, 0.25) is 11.5 Å². The average Bonchev–Trinajstić information content (AvgIpc) is 2.80. The number of hydrogen-bond donors (Lipinski definition) is 0. The van der Waals surface area contributed by atoms with Crippen molar-refractivity contribution >= 4 is 28.3 Å². The number of rotatable bonds is 8. The Morgan fingerprint density at radius 2 is 1.36 bits per heavy atom. The van der Waals surface area contributed by atoms with Crippen molar-refractivity contribution in [2.45, 2.75) is 34.6 Å². The molecule has 0 aliphatic carbocycles. The Morgan fingerprint density at radius 3 is 1.89 bits per heavy atom. The summed E-state index contributed by atoms with van der Waals surface area (Å²) >= 11 is 6.40. The first-order valence-corrected chi connectivity index (χ1v) is 12.2. The number of aryl methyl sites for hydroxylation is 2. The molecule has 0 atom stereocenters. The predicted molar refractivity (Wildman–Crippen MR) is 143 cm³/mol. The number of esters is 1. The quantitative estimate of drug-likeness (QED) is 0.177. The van der Waals surface area contributed by atoms with Crippen molar-refractivity contribution in [2.24, 2.45) is 5.92 Å². The Hall–Kier alpha value is -3.70. The molecule has 0 saturated heterocycles. The third-order valence-electron chi connectivity index (χ3n) is 5.32. The van der Waals surface area contributed by atoms with Crippen LogP contribution in [0.4, 0.5) is 0 Å². The van der Waals surface area contributed by atoms with Crippen molar-refractivity contribution in [3.63, 3.8) is 0 Å². The number of carbonyl (C=O) groups is 1. The first-order chi connectivity index (χ1) is 17.2. The van der Waals surface area contributed by atoms with Crippen molar-refractivity contribution < 1.29 is 23.7 Å². The van der Waals surface area contributed by atoms with E-state index in [2.05, 4.69) is 13.8 Å². The normalized spacial score (nSPS) is 11.0. The maximum absolute atomic E-state index is 12.2. The summed E-state index contributed by atoms with van der Waals surface area (Å²) in [6.45, 7) is 9.87. The van der Waals surface area contributed by atoms with Crippen LogP contribution in [0.25, 0.3) is 10.8 Å². The molecule has 6 heteroatoms. The Kier molecular flexibility index (Phi) is 7.70. The van der Waals surface area contributed by atoms with Crippen molar-refractivity contribution in [3.8, 4) is 34.5 Å². The molecule has 4 aromatic carbocycles. The van der Waals surface area contributed by atoms with Crippen LogP contribution in [0.15, 0.2) is 66.7 Å². The molecule has 0 amide bonds. The van der Waals surface area contributed by atoms with Gasteiger partial charge < -0.3 is 18.9 Å². The second-order valence-corrected chi connectivity index (χ2v) is 9.58. The van der Waals surface area contributed by atoms with Crippen LogP contribution in [0.1, 0.15) is 31.9 Å². The highest BCUT2D eigenvalue weighted by molar-refractivity contribution is 6.31. The van der Waals surface area contributed by atoms with E-state index in [-0.39, 0.29) is 17.4 Å². The zero-order valence-corrected chi connectivity index (χ0v) is 21.8. The molecule has 0 heterocycles. The Balaban J connectivity index is 2.05. The molecule has 0 unspecified atom stereocenters. The standard InChI is InChI=1S/C30H29ClO5/c1-18(2)17-33-27-26-16-22(31)12-13-25(26)28(34-21(5)32)30(36-24-11-7-9-20(4)15-24)29(27)35-23-10-6-8-19(3)14-23/h6-16,18H,17H2,1-5H3. The van der Waals surface area contributed by atoms with Gasteiger partial charge in [-0.05, 0) is 73.4 Å². The molecule has 36 heavy (non-hydrogen) atoms. The molecule has 0 radical (unpaired) electrons. The van der Waals surface area contributed by atoms with Gasteiger partial charge in [-0.25, -0.2) is 0 Å². The number of fused-ring (bicyclic) bond motifs is 1. The third kappa shape index (κ3) is 5.92. The highest BCUT2D eigenvalue weighted by atomic mass is 35.5. The number of hydrogen-bond acceptors (Lipinski definition) is 5. The van der Waals surface area contributed by atoms with Gasteiger partial charge in [-0.1, -0.05) is 49.7 Å². The third-order valence-corrected chi connectivity index (χ3v) is 5.55. The lowest BCUT2D eigenvalue weighted by molar-refractivity contribution is -0.131. The number of halogens is 1. The molecule has 5 nitrogen and oxygen atoms in total. The van der Waals surface area contributed by atoms with E-state index in [9.17, 15) is 4.79 Å². The molecule has 186 valence electrons. The molecule has 0 aromatic heterocycles. The summed E-state index contributed by atoms with van der Waals surface area (Å²) in [6, 6.07) is 20.6. The number of carbonyl (C=O) groups excluding carboxylic acids is 1. The zero-order valence-electron chi connectivity index (χ0n) is 21.1. The van der Waals surface area contributed by atoms with Gasteiger partial charge in [0.1, 0.15) is 11.5 Å². The maximum atomic E-state index is 12.2. The second-order valence-electron chi connectivity index (χ2n) is 9.14. The van der Waals surface area contributed by atoms with Crippen LogP contribution in [0.2, 0.25) is 5.02 Å². The van der Waals surface area contributed by atoms with Crippen LogP contribution in [-0.2, 0) is 4.79 Å².